The summed E-state index contributed by atoms with van der Waals surface area (Å²) in [6, 6.07) is 12.8. The summed E-state index contributed by atoms with van der Waals surface area (Å²) in [6.07, 6.45) is 3.11. The van der Waals surface area contributed by atoms with Gasteiger partial charge in [-0.1, -0.05) is 44.5 Å². The van der Waals surface area contributed by atoms with Crippen molar-refractivity contribution < 1.29 is 17.9 Å². The van der Waals surface area contributed by atoms with Crippen LogP contribution < -0.4 is 4.74 Å². The molecule has 3 aromatic rings. The minimum atomic E-state index is -1.06. The van der Waals surface area contributed by atoms with Gasteiger partial charge in [0, 0.05) is 11.1 Å². The largest absolute Gasteiger partial charge is 0.490 e. The van der Waals surface area contributed by atoms with Gasteiger partial charge in [-0.05, 0) is 65.3 Å². The number of ether oxygens (including phenoxy) is 1. The van der Waals surface area contributed by atoms with Crippen LogP contribution in [0.1, 0.15) is 43.4 Å². The van der Waals surface area contributed by atoms with Gasteiger partial charge in [0.15, 0.2) is 11.6 Å². The molecule has 0 unspecified atom stereocenters. The van der Waals surface area contributed by atoms with Crippen molar-refractivity contribution in [2.24, 2.45) is 0 Å². The van der Waals surface area contributed by atoms with Crippen molar-refractivity contribution in [3.05, 3.63) is 76.6 Å². The Bertz CT molecular complexity index is 1050. The molecule has 1 aliphatic carbocycles. The average Bonchev–Trinajstić information content (AvgIpc) is 3.09. The Morgan fingerprint density at radius 1 is 0.793 bits per heavy atom. The Hall–Kier alpha value is -2.75. The van der Waals surface area contributed by atoms with Crippen LogP contribution in [0.3, 0.4) is 0 Å². The van der Waals surface area contributed by atoms with Gasteiger partial charge < -0.3 is 4.74 Å². The van der Waals surface area contributed by atoms with Gasteiger partial charge in [0.1, 0.15) is 5.82 Å². The lowest BCUT2D eigenvalue weighted by Crippen LogP contribution is -2.02. The third-order valence-corrected chi connectivity index (χ3v) is 5.35. The lowest BCUT2D eigenvalue weighted by Gasteiger charge is -2.11. The fraction of sp³-hybridized carbons (Fsp3) is 0.280. The lowest BCUT2D eigenvalue weighted by molar-refractivity contribution is 0.295. The van der Waals surface area contributed by atoms with E-state index in [1.807, 2.05) is 37.3 Å². The van der Waals surface area contributed by atoms with Crippen LogP contribution in [-0.4, -0.2) is 6.61 Å². The molecule has 4 rings (SSSR count). The van der Waals surface area contributed by atoms with E-state index in [1.54, 1.807) is 0 Å². The summed E-state index contributed by atoms with van der Waals surface area (Å²) in [6.45, 7) is 4.32. The summed E-state index contributed by atoms with van der Waals surface area (Å²) in [7, 11) is 0. The molecule has 0 saturated heterocycles. The molecule has 0 amide bonds. The first-order valence-corrected chi connectivity index (χ1v) is 10.1. The molecule has 150 valence electrons. The molecular formula is C25H23F3O. The smallest absolute Gasteiger partial charge is 0.201 e. The molecule has 0 spiro atoms. The number of rotatable bonds is 6. The van der Waals surface area contributed by atoms with Gasteiger partial charge in [-0.25, -0.2) is 8.78 Å². The Morgan fingerprint density at radius 3 is 2.21 bits per heavy atom. The highest BCUT2D eigenvalue weighted by Gasteiger charge is 2.30. The molecule has 0 atom stereocenters. The van der Waals surface area contributed by atoms with Crippen LogP contribution in [0.15, 0.2) is 42.5 Å². The highest BCUT2D eigenvalue weighted by Crippen LogP contribution is 2.44. The topological polar surface area (TPSA) is 9.23 Å². The number of benzene rings is 3. The van der Waals surface area contributed by atoms with Crippen LogP contribution in [0.2, 0.25) is 0 Å². The van der Waals surface area contributed by atoms with Gasteiger partial charge >= 0.3 is 0 Å². The highest BCUT2D eigenvalue weighted by atomic mass is 19.2. The number of hydrogen-bond donors (Lipinski definition) is 0. The van der Waals surface area contributed by atoms with Gasteiger partial charge in [0.2, 0.25) is 5.82 Å². The van der Waals surface area contributed by atoms with E-state index in [0.29, 0.717) is 30.6 Å². The second-order valence-electron chi connectivity index (χ2n) is 7.50. The van der Waals surface area contributed by atoms with Crippen LogP contribution in [0, 0.1) is 17.5 Å². The first-order chi connectivity index (χ1) is 14.0. The van der Waals surface area contributed by atoms with Crippen LogP contribution >= 0.6 is 0 Å². The van der Waals surface area contributed by atoms with E-state index < -0.39 is 17.5 Å². The molecule has 0 aliphatic heterocycles. The zero-order chi connectivity index (χ0) is 20.5. The van der Waals surface area contributed by atoms with Gasteiger partial charge in [-0.3, -0.25) is 0 Å². The molecule has 29 heavy (non-hydrogen) atoms. The molecule has 3 aromatic carbocycles. The van der Waals surface area contributed by atoms with Crippen LogP contribution in [-0.2, 0) is 12.8 Å². The van der Waals surface area contributed by atoms with E-state index in [0.717, 1.165) is 24.0 Å². The SMILES string of the molecule is CCCOc1cc2c(c(F)c1F)-c1c(F)cc(-c3ccc(CCC)cc3)cc1C2. The Kier molecular flexibility index (Phi) is 5.35. The normalized spacial score (nSPS) is 12.0. The maximum Gasteiger partial charge on any atom is 0.201 e. The van der Waals surface area contributed by atoms with Crippen molar-refractivity contribution in [3.8, 4) is 28.0 Å². The molecule has 0 bridgehead atoms. The lowest BCUT2D eigenvalue weighted by atomic mass is 9.97. The van der Waals surface area contributed by atoms with Crippen molar-refractivity contribution in [1.82, 2.24) is 0 Å². The summed E-state index contributed by atoms with van der Waals surface area (Å²) in [4.78, 5) is 0. The maximum atomic E-state index is 15.0. The first-order valence-electron chi connectivity index (χ1n) is 10.1. The number of aryl methyl sites for hydroxylation is 1. The number of fused-ring (bicyclic) bond motifs is 3. The molecule has 0 saturated carbocycles. The molecule has 0 radical (unpaired) electrons. The van der Waals surface area contributed by atoms with Crippen molar-refractivity contribution in [2.45, 2.75) is 39.5 Å². The molecule has 0 aromatic heterocycles. The maximum absolute atomic E-state index is 15.0. The van der Waals surface area contributed by atoms with Gasteiger partial charge in [-0.15, -0.1) is 0 Å². The summed E-state index contributed by atoms with van der Waals surface area (Å²) >= 11 is 0. The third kappa shape index (κ3) is 3.52. The number of hydrogen-bond acceptors (Lipinski definition) is 1. The average molecular weight is 396 g/mol. The van der Waals surface area contributed by atoms with Crippen molar-refractivity contribution >= 4 is 0 Å². The molecule has 0 heterocycles. The predicted octanol–water partition coefficient (Wildman–Crippen LogP) is 7.08. The second kappa shape index (κ2) is 7.94. The van der Waals surface area contributed by atoms with Crippen molar-refractivity contribution in [3.63, 3.8) is 0 Å². The van der Waals surface area contributed by atoms with E-state index in [1.165, 1.54) is 17.7 Å². The van der Waals surface area contributed by atoms with Crippen LogP contribution in [0.25, 0.3) is 22.3 Å². The van der Waals surface area contributed by atoms with Gasteiger partial charge in [0.05, 0.1) is 6.61 Å². The zero-order valence-electron chi connectivity index (χ0n) is 16.6. The van der Waals surface area contributed by atoms with E-state index in [2.05, 4.69) is 6.92 Å². The van der Waals surface area contributed by atoms with Gasteiger partial charge in [0.25, 0.3) is 0 Å². The Balaban J connectivity index is 1.74. The van der Waals surface area contributed by atoms with Crippen molar-refractivity contribution in [2.75, 3.05) is 6.61 Å². The second-order valence-corrected chi connectivity index (χ2v) is 7.50. The van der Waals surface area contributed by atoms with E-state index >= 15 is 4.39 Å². The Labute approximate surface area is 169 Å². The summed E-state index contributed by atoms with van der Waals surface area (Å²) < 4.78 is 49.5. The highest BCUT2D eigenvalue weighted by molar-refractivity contribution is 5.82. The van der Waals surface area contributed by atoms with Crippen LogP contribution in [0.5, 0.6) is 5.75 Å². The predicted molar refractivity (Wildman–Crippen MR) is 110 cm³/mol. The minimum absolute atomic E-state index is 0.0173. The molecule has 0 fully saturated rings. The summed E-state index contributed by atoms with van der Waals surface area (Å²) in [5.74, 6) is -2.74. The van der Waals surface area contributed by atoms with Crippen molar-refractivity contribution in [1.29, 1.82) is 0 Å². The Morgan fingerprint density at radius 2 is 1.52 bits per heavy atom. The summed E-state index contributed by atoms with van der Waals surface area (Å²) in [5, 5.41) is 0. The monoisotopic (exact) mass is 396 g/mol. The molecule has 4 heteroatoms. The minimum Gasteiger partial charge on any atom is -0.490 e. The third-order valence-electron chi connectivity index (χ3n) is 5.35. The molecule has 1 aliphatic rings. The van der Waals surface area contributed by atoms with Crippen LogP contribution in [0.4, 0.5) is 13.2 Å². The fourth-order valence-electron chi connectivity index (χ4n) is 3.99. The quantitative estimate of drug-likeness (QED) is 0.338. The molecular weight excluding hydrogens is 373 g/mol. The van der Waals surface area contributed by atoms with E-state index in [-0.39, 0.29) is 16.9 Å². The first kappa shape index (κ1) is 19.6. The fourth-order valence-corrected chi connectivity index (χ4v) is 3.99. The van der Waals surface area contributed by atoms with E-state index in [4.69, 9.17) is 4.74 Å². The standard InChI is InChI=1S/C25H23F3O/c1-3-5-15-6-8-16(9-7-15)17-11-18-12-19-14-21(29-10-4-2)24(27)25(28)23(19)22(18)20(26)13-17/h6-9,11,13-14H,3-5,10,12H2,1-2H3. The molecule has 1 nitrogen and oxygen atoms in total. The number of halogens is 3. The molecule has 0 N–H and O–H groups in total. The van der Waals surface area contributed by atoms with E-state index in [9.17, 15) is 8.78 Å². The summed E-state index contributed by atoms with van der Waals surface area (Å²) in [5.41, 5.74) is 4.27. The van der Waals surface area contributed by atoms with Gasteiger partial charge in [-0.2, -0.15) is 4.39 Å². The zero-order valence-corrected chi connectivity index (χ0v) is 16.6.